The summed E-state index contributed by atoms with van der Waals surface area (Å²) in [5.41, 5.74) is 0.784. The van der Waals surface area contributed by atoms with Gasteiger partial charge in [0.1, 0.15) is 0 Å². The maximum Gasteiger partial charge on any atom is 0.252 e. The van der Waals surface area contributed by atoms with Crippen LogP contribution in [0.3, 0.4) is 0 Å². The van der Waals surface area contributed by atoms with Gasteiger partial charge in [0.25, 0.3) is 5.91 Å². The lowest BCUT2D eigenvalue weighted by Crippen LogP contribution is -2.40. The number of aryl methyl sites for hydroxylation is 1. The average Bonchev–Trinajstić information content (AvgIpc) is 2.29. The predicted molar refractivity (Wildman–Crippen MR) is 76.7 cm³/mol. The molecular weight excluding hydrogens is 294 g/mol. The Kier molecular flexibility index (Phi) is 5.35. The summed E-state index contributed by atoms with van der Waals surface area (Å²) in [5, 5.41) is 12.8. The Bertz CT molecular complexity index is 430. The number of carbonyl (C=O) groups excluding carboxylic acids is 1. The van der Waals surface area contributed by atoms with Gasteiger partial charge in [0.2, 0.25) is 0 Å². The molecule has 0 aliphatic rings. The number of hydrogen-bond acceptors (Lipinski definition) is 2. The Hall–Kier alpha value is -0.870. The Morgan fingerprint density at radius 2 is 2.17 bits per heavy atom. The summed E-state index contributed by atoms with van der Waals surface area (Å²) in [6.07, 6.45) is 1.55. The minimum atomic E-state index is -0.847. The summed E-state index contributed by atoms with van der Waals surface area (Å²) in [7, 11) is 0. The van der Waals surface area contributed by atoms with Gasteiger partial charge in [-0.25, -0.2) is 0 Å². The smallest absolute Gasteiger partial charge is 0.252 e. The van der Waals surface area contributed by atoms with Crippen LogP contribution in [0.15, 0.2) is 22.7 Å². The van der Waals surface area contributed by atoms with Crippen LogP contribution in [0.4, 0.5) is 0 Å². The third-order valence-electron chi connectivity index (χ3n) is 2.78. The first kappa shape index (κ1) is 15.2. The van der Waals surface area contributed by atoms with Crippen molar-refractivity contribution in [1.29, 1.82) is 0 Å². The van der Waals surface area contributed by atoms with E-state index in [1.165, 1.54) is 0 Å². The van der Waals surface area contributed by atoms with Crippen LogP contribution >= 0.6 is 15.9 Å². The van der Waals surface area contributed by atoms with E-state index in [1.54, 1.807) is 6.92 Å². The van der Waals surface area contributed by atoms with Crippen LogP contribution < -0.4 is 5.32 Å². The van der Waals surface area contributed by atoms with Crippen molar-refractivity contribution in [3.8, 4) is 0 Å². The number of nitrogens with one attached hydrogen (secondary N) is 1. The number of rotatable bonds is 5. The molecule has 0 spiro atoms. The molecule has 3 nitrogen and oxygen atoms in total. The molecule has 1 atom stereocenters. The zero-order chi connectivity index (χ0) is 13.8. The second kappa shape index (κ2) is 6.34. The van der Waals surface area contributed by atoms with Gasteiger partial charge in [0.15, 0.2) is 0 Å². The molecule has 0 aliphatic heterocycles. The lowest BCUT2D eigenvalue weighted by atomic mass is 10.0. The highest BCUT2D eigenvalue weighted by Crippen LogP contribution is 2.18. The number of hydrogen-bond donors (Lipinski definition) is 2. The average molecular weight is 314 g/mol. The van der Waals surface area contributed by atoms with E-state index in [4.69, 9.17) is 0 Å². The molecule has 1 amide bonds. The molecule has 0 radical (unpaired) electrons. The summed E-state index contributed by atoms with van der Waals surface area (Å²) in [5.74, 6) is -0.165. The summed E-state index contributed by atoms with van der Waals surface area (Å²) in [4.78, 5) is 12.0. The van der Waals surface area contributed by atoms with Crippen LogP contribution in [-0.2, 0) is 0 Å². The van der Waals surface area contributed by atoms with Crippen molar-refractivity contribution in [2.75, 3.05) is 6.54 Å². The summed E-state index contributed by atoms with van der Waals surface area (Å²) in [6, 6.07) is 5.62. The van der Waals surface area contributed by atoms with Gasteiger partial charge in [0.05, 0.1) is 11.2 Å². The molecule has 1 unspecified atom stereocenters. The SMILES string of the molecule is CCCC(C)(O)CNC(=O)c1cc(C)ccc1Br. The molecule has 0 fully saturated rings. The van der Waals surface area contributed by atoms with Crippen LogP contribution in [0.1, 0.15) is 42.6 Å². The first-order valence-corrected chi connectivity index (χ1v) is 6.92. The van der Waals surface area contributed by atoms with Crippen molar-refractivity contribution < 1.29 is 9.90 Å². The molecule has 0 aromatic heterocycles. The first-order chi connectivity index (χ1) is 8.35. The summed E-state index contributed by atoms with van der Waals surface area (Å²) in [6.45, 7) is 5.95. The molecule has 1 aromatic rings. The van der Waals surface area contributed by atoms with Gasteiger partial charge in [-0.15, -0.1) is 0 Å². The molecule has 2 N–H and O–H groups in total. The molecule has 100 valence electrons. The lowest BCUT2D eigenvalue weighted by Gasteiger charge is -2.23. The predicted octanol–water partition coefficient (Wildman–Crippen LogP) is 3.04. The summed E-state index contributed by atoms with van der Waals surface area (Å²) < 4.78 is 0.765. The van der Waals surface area contributed by atoms with Gasteiger partial charge in [-0.1, -0.05) is 25.0 Å². The molecule has 18 heavy (non-hydrogen) atoms. The Balaban J connectivity index is 2.69. The van der Waals surface area contributed by atoms with Gasteiger partial charge >= 0.3 is 0 Å². The number of benzene rings is 1. The molecule has 1 aromatic carbocycles. The second-order valence-corrected chi connectivity index (χ2v) is 5.77. The molecule has 0 aliphatic carbocycles. The van der Waals surface area contributed by atoms with Crippen LogP contribution in [0.5, 0.6) is 0 Å². The van der Waals surface area contributed by atoms with Crippen molar-refractivity contribution >= 4 is 21.8 Å². The monoisotopic (exact) mass is 313 g/mol. The van der Waals surface area contributed by atoms with Crippen molar-refractivity contribution in [3.05, 3.63) is 33.8 Å². The molecule has 0 bridgehead atoms. The topological polar surface area (TPSA) is 49.3 Å². The van der Waals surface area contributed by atoms with Crippen LogP contribution in [-0.4, -0.2) is 23.2 Å². The normalized spacial score (nSPS) is 14.1. The maximum absolute atomic E-state index is 12.0. The first-order valence-electron chi connectivity index (χ1n) is 6.12. The number of amides is 1. The second-order valence-electron chi connectivity index (χ2n) is 4.91. The van der Waals surface area contributed by atoms with E-state index < -0.39 is 5.60 Å². The standard InChI is InChI=1S/C14H20BrNO2/c1-4-7-14(3,18)9-16-13(17)11-8-10(2)5-6-12(11)15/h5-6,8,18H,4,7,9H2,1-3H3,(H,16,17). The molecule has 4 heteroatoms. The van der Waals surface area contributed by atoms with E-state index >= 15 is 0 Å². The molecule has 0 saturated heterocycles. The minimum absolute atomic E-state index is 0.165. The fourth-order valence-electron chi connectivity index (χ4n) is 1.81. The maximum atomic E-state index is 12.0. The highest BCUT2D eigenvalue weighted by Gasteiger charge is 2.20. The van der Waals surface area contributed by atoms with E-state index in [1.807, 2.05) is 32.0 Å². The number of carbonyl (C=O) groups is 1. The third-order valence-corrected chi connectivity index (χ3v) is 3.48. The van der Waals surface area contributed by atoms with Gasteiger partial charge < -0.3 is 10.4 Å². The van der Waals surface area contributed by atoms with Gasteiger partial charge in [0, 0.05) is 11.0 Å². The number of halogens is 1. The molecule has 0 saturated carbocycles. The van der Waals surface area contributed by atoms with Gasteiger partial charge in [-0.2, -0.15) is 0 Å². The third kappa shape index (κ3) is 4.42. The van der Waals surface area contributed by atoms with E-state index in [0.29, 0.717) is 12.0 Å². The van der Waals surface area contributed by atoms with Crippen molar-refractivity contribution in [2.45, 2.75) is 39.2 Å². The lowest BCUT2D eigenvalue weighted by molar-refractivity contribution is 0.0469. The fourth-order valence-corrected chi connectivity index (χ4v) is 2.23. The zero-order valence-corrected chi connectivity index (χ0v) is 12.7. The highest BCUT2D eigenvalue weighted by atomic mass is 79.9. The van der Waals surface area contributed by atoms with Gasteiger partial charge in [-0.3, -0.25) is 4.79 Å². The van der Waals surface area contributed by atoms with Gasteiger partial charge in [-0.05, 0) is 48.3 Å². The zero-order valence-electron chi connectivity index (χ0n) is 11.1. The largest absolute Gasteiger partial charge is 0.388 e. The van der Waals surface area contributed by atoms with Crippen molar-refractivity contribution in [3.63, 3.8) is 0 Å². The number of aliphatic hydroxyl groups is 1. The van der Waals surface area contributed by atoms with Crippen LogP contribution in [0.2, 0.25) is 0 Å². The van der Waals surface area contributed by atoms with Crippen LogP contribution in [0.25, 0.3) is 0 Å². The minimum Gasteiger partial charge on any atom is -0.388 e. The molecular formula is C14H20BrNO2. The van der Waals surface area contributed by atoms with E-state index in [-0.39, 0.29) is 12.5 Å². The highest BCUT2D eigenvalue weighted by molar-refractivity contribution is 9.10. The van der Waals surface area contributed by atoms with E-state index in [2.05, 4.69) is 21.2 Å². The van der Waals surface area contributed by atoms with Crippen LogP contribution in [0, 0.1) is 6.92 Å². The molecule has 0 heterocycles. The fraction of sp³-hybridized carbons (Fsp3) is 0.500. The van der Waals surface area contributed by atoms with Crippen molar-refractivity contribution in [1.82, 2.24) is 5.32 Å². The molecule has 1 rings (SSSR count). The Morgan fingerprint density at radius 3 is 2.78 bits per heavy atom. The Labute approximate surface area is 117 Å². The van der Waals surface area contributed by atoms with E-state index in [9.17, 15) is 9.90 Å². The summed E-state index contributed by atoms with van der Waals surface area (Å²) >= 11 is 3.36. The van der Waals surface area contributed by atoms with Crippen molar-refractivity contribution in [2.24, 2.45) is 0 Å². The quantitative estimate of drug-likeness (QED) is 0.877. The Morgan fingerprint density at radius 1 is 1.50 bits per heavy atom. The van der Waals surface area contributed by atoms with E-state index in [0.717, 1.165) is 16.5 Å².